The molecule has 0 bridgehead atoms. The molecule has 4 rings (SSSR count). The third-order valence-electron chi connectivity index (χ3n) is 4.87. The van der Waals surface area contributed by atoms with Crippen molar-refractivity contribution in [2.75, 3.05) is 18.4 Å². The third-order valence-corrected chi connectivity index (χ3v) is 5.87. The minimum atomic E-state index is 0.0955. The number of rotatable bonds is 4. The number of hydrogen-bond donors (Lipinski definition) is 1. The van der Waals surface area contributed by atoms with Gasteiger partial charge in [0.25, 0.3) is 0 Å². The normalized spacial score (nSPS) is 21.0. The lowest BCUT2D eigenvalue weighted by atomic mass is 9.96. The van der Waals surface area contributed by atoms with E-state index < -0.39 is 0 Å². The van der Waals surface area contributed by atoms with E-state index in [1.807, 2.05) is 35.6 Å². The average Bonchev–Trinajstić information content (AvgIpc) is 3.26. The Labute approximate surface area is 141 Å². The topological polar surface area (TPSA) is 32.3 Å². The number of hydrogen-bond acceptors (Lipinski definition) is 3. The van der Waals surface area contributed by atoms with Crippen LogP contribution in [0.3, 0.4) is 0 Å². The molecule has 3 nitrogen and oxygen atoms in total. The van der Waals surface area contributed by atoms with Crippen LogP contribution in [0.1, 0.15) is 34.9 Å². The van der Waals surface area contributed by atoms with Crippen molar-refractivity contribution in [3.05, 3.63) is 51.7 Å². The molecule has 1 aromatic heterocycles. The second-order valence-corrected chi connectivity index (χ2v) is 7.72. The molecule has 1 fully saturated rings. The maximum Gasteiger partial charge on any atom is 0.238 e. The van der Waals surface area contributed by atoms with Crippen LogP contribution in [0.15, 0.2) is 35.7 Å². The van der Waals surface area contributed by atoms with Gasteiger partial charge >= 0.3 is 0 Å². The molecule has 0 spiro atoms. The number of nitrogens with zero attached hydrogens (tertiary/aromatic N) is 1. The first-order valence-corrected chi connectivity index (χ1v) is 9.25. The smallest absolute Gasteiger partial charge is 0.238 e. The summed E-state index contributed by atoms with van der Waals surface area (Å²) in [6.07, 6.45) is 3.68. The lowest BCUT2D eigenvalue weighted by molar-refractivity contribution is -0.118. The van der Waals surface area contributed by atoms with Crippen molar-refractivity contribution in [3.63, 3.8) is 0 Å². The van der Waals surface area contributed by atoms with Gasteiger partial charge in [-0.2, -0.15) is 0 Å². The van der Waals surface area contributed by atoms with E-state index in [1.165, 1.54) is 28.8 Å². The van der Waals surface area contributed by atoms with Crippen molar-refractivity contribution in [1.82, 2.24) is 4.90 Å². The molecule has 0 radical (unpaired) electrons. The summed E-state index contributed by atoms with van der Waals surface area (Å²) in [5.41, 5.74) is 3.57. The predicted octanol–water partition coefficient (Wildman–Crippen LogP) is 4.00. The molecule has 23 heavy (non-hydrogen) atoms. The molecule has 1 atom stereocenters. The zero-order chi connectivity index (χ0) is 15.8. The number of anilines is 1. The Bertz CT molecular complexity index is 702. The van der Waals surface area contributed by atoms with Crippen molar-refractivity contribution in [2.45, 2.75) is 32.2 Å². The summed E-state index contributed by atoms with van der Waals surface area (Å²) in [5.74, 6) is 0.842. The van der Waals surface area contributed by atoms with E-state index in [9.17, 15) is 4.79 Å². The number of benzene rings is 1. The van der Waals surface area contributed by atoms with Gasteiger partial charge in [0, 0.05) is 23.2 Å². The molecule has 1 amide bonds. The van der Waals surface area contributed by atoms with Crippen LogP contribution in [0, 0.1) is 12.8 Å². The van der Waals surface area contributed by atoms with E-state index in [0.29, 0.717) is 12.6 Å². The van der Waals surface area contributed by atoms with E-state index in [0.717, 1.165) is 24.6 Å². The largest absolute Gasteiger partial charge is 0.325 e. The highest BCUT2D eigenvalue weighted by Crippen LogP contribution is 2.48. The SMILES string of the molecule is Cc1ccc(NC(=O)CN2CCc3sccc3[C@H]2C2CC2)cc1. The number of thiophene rings is 1. The number of aryl methyl sites for hydroxylation is 1. The standard InChI is InChI=1S/C19H22N2OS/c1-13-2-6-15(7-3-13)20-18(22)12-21-10-8-17-16(9-11-23-17)19(21)14-4-5-14/h2-3,6-7,9,11,14,19H,4-5,8,10,12H2,1H3,(H,20,22)/t19-/m1/s1. The highest BCUT2D eigenvalue weighted by atomic mass is 32.1. The first-order chi connectivity index (χ1) is 11.2. The van der Waals surface area contributed by atoms with Gasteiger partial charge in [-0.05, 0) is 61.2 Å². The van der Waals surface area contributed by atoms with Crippen molar-refractivity contribution in [2.24, 2.45) is 5.92 Å². The second-order valence-electron chi connectivity index (χ2n) is 6.72. The Morgan fingerprint density at radius 2 is 2.04 bits per heavy atom. The highest BCUT2D eigenvalue weighted by molar-refractivity contribution is 7.10. The number of nitrogens with one attached hydrogen (secondary N) is 1. The Hall–Kier alpha value is -1.65. The molecule has 120 valence electrons. The maximum atomic E-state index is 12.5. The Balaban J connectivity index is 1.45. The Morgan fingerprint density at radius 1 is 1.26 bits per heavy atom. The van der Waals surface area contributed by atoms with Crippen molar-refractivity contribution >= 4 is 22.9 Å². The summed E-state index contributed by atoms with van der Waals surface area (Å²) in [4.78, 5) is 16.4. The van der Waals surface area contributed by atoms with Crippen molar-refractivity contribution in [3.8, 4) is 0 Å². The van der Waals surface area contributed by atoms with Gasteiger partial charge in [-0.3, -0.25) is 9.69 Å². The second kappa shape index (κ2) is 6.10. The van der Waals surface area contributed by atoms with Crippen LogP contribution in [0.4, 0.5) is 5.69 Å². The zero-order valence-corrected chi connectivity index (χ0v) is 14.2. The first kappa shape index (κ1) is 14.9. The molecule has 1 aliphatic carbocycles. The number of amides is 1. The van der Waals surface area contributed by atoms with Gasteiger partial charge in [0.05, 0.1) is 6.54 Å². The summed E-state index contributed by atoms with van der Waals surface area (Å²) < 4.78 is 0. The van der Waals surface area contributed by atoms with Crippen molar-refractivity contribution < 1.29 is 4.79 Å². The predicted molar refractivity (Wildman–Crippen MR) is 94.9 cm³/mol. The fraction of sp³-hybridized carbons (Fsp3) is 0.421. The van der Waals surface area contributed by atoms with E-state index in [-0.39, 0.29) is 5.91 Å². The van der Waals surface area contributed by atoms with Crippen LogP contribution in [0.25, 0.3) is 0 Å². The van der Waals surface area contributed by atoms with Crippen LogP contribution in [-0.2, 0) is 11.2 Å². The summed E-state index contributed by atoms with van der Waals surface area (Å²) in [6.45, 7) is 3.54. The van der Waals surface area contributed by atoms with Gasteiger partial charge in [0.1, 0.15) is 0 Å². The zero-order valence-electron chi connectivity index (χ0n) is 13.4. The number of carbonyl (C=O) groups is 1. The average molecular weight is 326 g/mol. The molecular formula is C19H22N2OS. The van der Waals surface area contributed by atoms with Crippen LogP contribution >= 0.6 is 11.3 Å². The third kappa shape index (κ3) is 3.19. The van der Waals surface area contributed by atoms with Gasteiger partial charge in [0.15, 0.2) is 0 Å². The Kier molecular flexibility index (Phi) is 3.95. The minimum Gasteiger partial charge on any atom is -0.325 e. The summed E-state index contributed by atoms with van der Waals surface area (Å²) in [5, 5.41) is 5.24. The molecule has 1 aliphatic heterocycles. The van der Waals surface area contributed by atoms with Crippen LogP contribution in [0.2, 0.25) is 0 Å². The van der Waals surface area contributed by atoms with E-state index in [1.54, 1.807) is 0 Å². The van der Waals surface area contributed by atoms with Crippen molar-refractivity contribution in [1.29, 1.82) is 0 Å². The molecule has 2 aromatic rings. The first-order valence-electron chi connectivity index (χ1n) is 8.37. The molecule has 2 aliphatic rings. The molecule has 1 saturated carbocycles. The van der Waals surface area contributed by atoms with Gasteiger partial charge in [-0.25, -0.2) is 0 Å². The summed E-state index contributed by atoms with van der Waals surface area (Å²) in [7, 11) is 0. The lowest BCUT2D eigenvalue weighted by Crippen LogP contribution is -2.41. The summed E-state index contributed by atoms with van der Waals surface area (Å²) in [6, 6.07) is 10.7. The molecule has 0 saturated heterocycles. The number of carbonyl (C=O) groups excluding carboxylic acids is 1. The van der Waals surface area contributed by atoms with E-state index in [2.05, 4.69) is 28.6 Å². The lowest BCUT2D eigenvalue weighted by Gasteiger charge is -2.35. The van der Waals surface area contributed by atoms with Gasteiger partial charge in [-0.1, -0.05) is 17.7 Å². The maximum absolute atomic E-state index is 12.5. The molecular weight excluding hydrogens is 304 g/mol. The quantitative estimate of drug-likeness (QED) is 0.921. The molecule has 2 heterocycles. The van der Waals surface area contributed by atoms with Crippen LogP contribution < -0.4 is 5.32 Å². The van der Waals surface area contributed by atoms with Gasteiger partial charge in [0.2, 0.25) is 5.91 Å². The molecule has 0 unspecified atom stereocenters. The van der Waals surface area contributed by atoms with E-state index >= 15 is 0 Å². The van der Waals surface area contributed by atoms with Crippen LogP contribution in [-0.4, -0.2) is 23.9 Å². The number of fused-ring (bicyclic) bond motifs is 1. The molecule has 1 aromatic carbocycles. The fourth-order valence-electron chi connectivity index (χ4n) is 3.56. The minimum absolute atomic E-state index is 0.0955. The monoisotopic (exact) mass is 326 g/mol. The van der Waals surface area contributed by atoms with Crippen LogP contribution in [0.5, 0.6) is 0 Å². The summed E-state index contributed by atoms with van der Waals surface area (Å²) >= 11 is 1.87. The van der Waals surface area contributed by atoms with Gasteiger partial charge < -0.3 is 5.32 Å². The highest BCUT2D eigenvalue weighted by Gasteiger charge is 2.40. The van der Waals surface area contributed by atoms with E-state index in [4.69, 9.17) is 0 Å². The fourth-order valence-corrected chi connectivity index (χ4v) is 4.47. The molecule has 4 heteroatoms. The molecule has 1 N–H and O–H groups in total. The Morgan fingerprint density at radius 3 is 2.78 bits per heavy atom. The van der Waals surface area contributed by atoms with Gasteiger partial charge in [-0.15, -0.1) is 11.3 Å².